The van der Waals surface area contributed by atoms with Crippen molar-refractivity contribution in [2.75, 3.05) is 30.8 Å². The first-order valence-corrected chi connectivity index (χ1v) is 12.7. The van der Waals surface area contributed by atoms with E-state index in [-0.39, 0.29) is 23.5 Å². The molecule has 2 heterocycles. The van der Waals surface area contributed by atoms with Gasteiger partial charge in [-0.1, -0.05) is 23.9 Å². The number of hydrogen-bond acceptors (Lipinski definition) is 7. The molecular weight excluding hydrogens is 458 g/mol. The molecule has 1 aliphatic rings. The van der Waals surface area contributed by atoms with Crippen LogP contribution in [0, 0.1) is 0 Å². The summed E-state index contributed by atoms with van der Waals surface area (Å²) in [6.45, 7) is 3.59. The highest BCUT2D eigenvalue weighted by Gasteiger charge is 2.23. The Balaban J connectivity index is 1.48. The number of thioether (sulfide) groups is 1. The van der Waals surface area contributed by atoms with Crippen LogP contribution < -0.4 is 5.32 Å². The summed E-state index contributed by atoms with van der Waals surface area (Å²) in [5.74, 6) is -0.482. The van der Waals surface area contributed by atoms with Gasteiger partial charge in [-0.25, -0.2) is 4.98 Å². The van der Waals surface area contributed by atoms with Crippen molar-refractivity contribution >= 4 is 56.8 Å². The van der Waals surface area contributed by atoms with Gasteiger partial charge in [0.05, 0.1) is 33.7 Å². The predicted molar refractivity (Wildman–Crippen MR) is 131 cm³/mol. The molecule has 0 aliphatic carbocycles. The summed E-state index contributed by atoms with van der Waals surface area (Å²) >= 11 is 2.79. The Hall–Kier alpha value is -2.91. The average molecular weight is 484 g/mol. The fourth-order valence-corrected chi connectivity index (χ4v) is 5.61. The number of hydrogen-bond donors (Lipinski definition) is 1. The van der Waals surface area contributed by atoms with Crippen LogP contribution in [0.3, 0.4) is 0 Å². The minimum Gasteiger partial charge on any atom is -0.465 e. The van der Waals surface area contributed by atoms with E-state index in [1.807, 2.05) is 17.0 Å². The van der Waals surface area contributed by atoms with E-state index in [0.717, 1.165) is 46.9 Å². The molecule has 7 nitrogen and oxygen atoms in total. The normalized spacial score (nSPS) is 13.7. The zero-order valence-corrected chi connectivity index (χ0v) is 20.0. The molecule has 0 unspecified atom stereocenters. The molecule has 1 aromatic heterocycles. The van der Waals surface area contributed by atoms with Crippen LogP contribution in [0.1, 0.15) is 46.9 Å². The molecule has 0 saturated carbocycles. The van der Waals surface area contributed by atoms with Crippen molar-refractivity contribution in [1.82, 2.24) is 9.88 Å². The van der Waals surface area contributed by atoms with E-state index < -0.39 is 0 Å². The van der Waals surface area contributed by atoms with E-state index >= 15 is 0 Å². The SMILES string of the molecule is CCOC(=O)CSc1nc2ccc(NC(=O)c3ccccc3C(=O)N3CCCCC3)cc2s1. The van der Waals surface area contributed by atoms with E-state index in [2.05, 4.69) is 10.3 Å². The summed E-state index contributed by atoms with van der Waals surface area (Å²) in [5, 5.41) is 2.91. The van der Waals surface area contributed by atoms with Crippen LogP contribution in [-0.2, 0) is 9.53 Å². The van der Waals surface area contributed by atoms with Crippen molar-refractivity contribution in [3.05, 3.63) is 53.6 Å². The lowest BCUT2D eigenvalue weighted by Crippen LogP contribution is -2.36. The zero-order chi connectivity index (χ0) is 23.2. The molecule has 3 aromatic rings. The van der Waals surface area contributed by atoms with E-state index in [4.69, 9.17) is 4.74 Å². The van der Waals surface area contributed by atoms with Crippen molar-refractivity contribution in [1.29, 1.82) is 0 Å². The van der Waals surface area contributed by atoms with Gasteiger partial charge in [-0.15, -0.1) is 11.3 Å². The topological polar surface area (TPSA) is 88.6 Å². The Morgan fingerprint density at radius 3 is 2.61 bits per heavy atom. The second-order valence-electron chi connectivity index (χ2n) is 7.61. The first-order valence-electron chi connectivity index (χ1n) is 10.9. The number of esters is 1. The largest absolute Gasteiger partial charge is 0.465 e. The fraction of sp³-hybridized carbons (Fsp3) is 0.333. The summed E-state index contributed by atoms with van der Waals surface area (Å²) in [6, 6.07) is 12.4. The first kappa shape index (κ1) is 23.3. The molecule has 0 bridgehead atoms. The predicted octanol–water partition coefficient (Wildman–Crippen LogP) is 4.83. The Kier molecular flexibility index (Phi) is 7.61. The van der Waals surface area contributed by atoms with E-state index in [1.165, 1.54) is 23.1 Å². The quantitative estimate of drug-likeness (QED) is 0.383. The molecule has 4 rings (SSSR count). The van der Waals surface area contributed by atoms with Gasteiger partial charge in [0.25, 0.3) is 11.8 Å². The Morgan fingerprint density at radius 2 is 1.85 bits per heavy atom. The number of carbonyl (C=O) groups excluding carboxylic acids is 3. The van der Waals surface area contributed by atoms with Crippen LogP contribution in [0.2, 0.25) is 0 Å². The number of aromatic nitrogens is 1. The van der Waals surface area contributed by atoms with Gasteiger partial charge in [0, 0.05) is 18.8 Å². The fourth-order valence-electron chi connectivity index (χ4n) is 3.70. The van der Waals surface area contributed by atoms with Crippen LogP contribution in [0.15, 0.2) is 46.8 Å². The van der Waals surface area contributed by atoms with Crippen LogP contribution in [0.5, 0.6) is 0 Å². The summed E-state index contributed by atoms with van der Waals surface area (Å²) in [7, 11) is 0. The highest BCUT2D eigenvalue weighted by molar-refractivity contribution is 8.01. The number of thiazole rings is 1. The van der Waals surface area contributed by atoms with Crippen molar-refractivity contribution in [2.45, 2.75) is 30.5 Å². The lowest BCUT2D eigenvalue weighted by Gasteiger charge is -2.27. The van der Waals surface area contributed by atoms with Crippen molar-refractivity contribution in [3.63, 3.8) is 0 Å². The van der Waals surface area contributed by atoms with E-state index in [9.17, 15) is 14.4 Å². The number of nitrogens with one attached hydrogen (secondary N) is 1. The molecule has 9 heteroatoms. The molecule has 2 amide bonds. The number of amides is 2. The number of piperidine rings is 1. The highest BCUT2D eigenvalue weighted by atomic mass is 32.2. The number of fused-ring (bicyclic) bond motifs is 1. The maximum absolute atomic E-state index is 13.1. The third-order valence-corrected chi connectivity index (χ3v) is 7.43. The third kappa shape index (κ3) is 5.72. The van der Waals surface area contributed by atoms with E-state index in [1.54, 1.807) is 37.3 Å². The van der Waals surface area contributed by atoms with Crippen LogP contribution >= 0.6 is 23.1 Å². The van der Waals surface area contributed by atoms with Crippen LogP contribution in [0.25, 0.3) is 10.2 Å². The molecule has 2 aromatic carbocycles. The first-order chi connectivity index (χ1) is 16.0. The maximum Gasteiger partial charge on any atom is 0.316 e. The number of likely N-dealkylation sites (tertiary alicyclic amines) is 1. The number of nitrogens with zero attached hydrogens (tertiary/aromatic N) is 2. The zero-order valence-electron chi connectivity index (χ0n) is 18.3. The Bertz CT molecular complexity index is 1170. The molecule has 1 aliphatic heterocycles. The molecule has 0 atom stereocenters. The van der Waals surface area contributed by atoms with Gasteiger partial charge in [-0.2, -0.15) is 0 Å². The summed E-state index contributed by atoms with van der Waals surface area (Å²) in [4.78, 5) is 44.0. The van der Waals surface area contributed by atoms with Gasteiger partial charge in [0.1, 0.15) is 0 Å². The van der Waals surface area contributed by atoms with Gasteiger partial charge in [-0.05, 0) is 56.5 Å². The minimum absolute atomic E-state index is 0.0957. The number of benzene rings is 2. The van der Waals surface area contributed by atoms with Crippen molar-refractivity contribution < 1.29 is 19.1 Å². The summed E-state index contributed by atoms with van der Waals surface area (Å²) in [5.41, 5.74) is 2.21. The average Bonchev–Trinajstić information content (AvgIpc) is 3.25. The van der Waals surface area contributed by atoms with Gasteiger partial charge in [0.15, 0.2) is 4.34 Å². The molecule has 0 radical (unpaired) electrons. The van der Waals surface area contributed by atoms with E-state index in [0.29, 0.717) is 23.4 Å². The summed E-state index contributed by atoms with van der Waals surface area (Å²) in [6.07, 6.45) is 3.12. The van der Waals surface area contributed by atoms with Crippen molar-refractivity contribution in [2.24, 2.45) is 0 Å². The Morgan fingerprint density at radius 1 is 1.09 bits per heavy atom. The molecular formula is C24H25N3O4S2. The smallest absolute Gasteiger partial charge is 0.316 e. The van der Waals surface area contributed by atoms with Gasteiger partial charge in [0.2, 0.25) is 0 Å². The lowest BCUT2D eigenvalue weighted by molar-refractivity contribution is -0.139. The third-order valence-electron chi connectivity index (χ3n) is 5.29. The highest BCUT2D eigenvalue weighted by Crippen LogP contribution is 2.31. The number of rotatable bonds is 7. The molecule has 172 valence electrons. The number of anilines is 1. The van der Waals surface area contributed by atoms with Gasteiger partial charge < -0.3 is 15.0 Å². The minimum atomic E-state index is -0.322. The van der Waals surface area contributed by atoms with Crippen LogP contribution in [-0.4, -0.2) is 53.1 Å². The van der Waals surface area contributed by atoms with Crippen LogP contribution in [0.4, 0.5) is 5.69 Å². The molecule has 1 N–H and O–H groups in total. The van der Waals surface area contributed by atoms with Gasteiger partial charge in [-0.3, -0.25) is 14.4 Å². The Labute approximate surface area is 200 Å². The second kappa shape index (κ2) is 10.8. The van der Waals surface area contributed by atoms with Gasteiger partial charge >= 0.3 is 5.97 Å². The molecule has 1 saturated heterocycles. The second-order valence-corrected chi connectivity index (χ2v) is 9.86. The standard InChI is InChI=1S/C24H25N3O4S2/c1-2-31-21(28)15-32-24-26-19-11-10-16(14-20(19)33-24)25-22(29)17-8-4-5-9-18(17)23(30)27-12-6-3-7-13-27/h4-5,8-11,14H,2-3,6-7,12-13,15H2,1H3,(H,25,29). The number of ether oxygens (including phenoxy) is 1. The monoisotopic (exact) mass is 483 g/mol. The number of carbonyl (C=O) groups is 3. The summed E-state index contributed by atoms with van der Waals surface area (Å²) < 4.78 is 6.61. The lowest BCUT2D eigenvalue weighted by atomic mass is 10.0. The molecule has 33 heavy (non-hydrogen) atoms. The van der Waals surface area contributed by atoms with Crippen molar-refractivity contribution in [3.8, 4) is 0 Å². The molecule has 1 fully saturated rings. The maximum atomic E-state index is 13.1. The molecule has 0 spiro atoms.